The van der Waals surface area contributed by atoms with Crippen LogP contribution in [-0.4, -0.2) is 19.9 Å². The molecule has 18 heavy (non-hydrogen) atoms. The van der Waals surface area contributed by atoms with E-state index in [1.54, 1.807) is 16.8 Å². The van der Waals surface area contributed by atoms with Crippen molar-refractivity contribution in [1.82, 2.24) is 14.8 Å². The molecule has 1 aromatic heterocycles. The highest BCUT2D eigenvalue weighted by molar-refractivity contribution is 9.10. The average Bonchev–Trinajstić information content (AvgIpc) is 2.76. The summed E-state index contributed by atoms with van der Waals surface area (Å²) >= 11 is 9.27. The maximum atomic E-state index is 10.2. The molecule has 0 aliphatic carbocycles. The Labute approximate surface area is 119 Å². The predicted octanol–water partition coefficient (Wildman–Crippen LogP) is 2.99. The number of aliphatic hydroxyl groups excluding tert-OH is 1. The number of aromatic nitrogens is 3. The fraction of sp³-hybridized carbons (Fsp3) is 0.333. The molecular formula is C12H13BrClN3O. The SMILES string of the molecule is CCn1ncnc1CC(O)c1ccc(Cl)cc1Br. The summed E-state index contributed by atoms with van der Waals surface area (Å²) < 4.78 is 2.57. The van der Waals surface area contributed by atoms with Crippen LogP contribution in [0.1, 0.15) is 24.4 Å². The van der Waals surface area contributed by atoms with E-state index in [4.69, 9.17) is 11.6 Å². The van der Waals surface area contributed by atoms with Crippen molar-refractivity contribution < 1.29 is 5.11 Å². The van der Waals surface area contributed by atoms with E-state index >= 15 is 0 Å². The Morgan fingerprint density at radius 2 is 2.28 bits per heavy atom. The van der Waals surface area contributed by atoms with Gasteiger partial charge in [-0.05, 0) is 24.6 Å². The summed E-state index contributed by atoms with van der Waals surface area (Å²) in [6, 6.07) is 5.34. The van der Waals surface area contributed by atoms with Gasteiger partial charge in [-0.1, -0.05) is 33.6 Å². The third-order valence-electron chi connectivity index (χ3n) is 2.69. The lowest BCUT2D eigenvalue weighted by Crippen LogP contribution is -2.10. The number of hydrogen-bond acceptors (Lipinski definition) is 3. The van der Waals surface area contributed by atoms with Gasteiger partial charge < -0.3 is 5.11 Å². The molecule has 0 aliphatic rings. The van der Waals surface area contributed by atoms with Gasteiger partial charge in [0.05, 0.1) is 6.10 Å². The first-order chi connectivity index (χ1) is 8.61. The molecule has 0 spiro atoms. The van der Waals surface area contributed by atoms with Gasteiger partial charge in [-0.3, -0.25) is 4.68 Å². The van der Waals surface area contributed by atoms with Crippen LogP contribution in [0.5, 0.6) is 0 Å². The Kier molecular flexibility index (Phi) is 4.37. The van der Waals surface area contributed by atoms with Crippen LogP contribution < -0.4 is 0 Å². The van der Waals surface area contributed by atoms with Crippen LogP contribution in [0.2, 0.25) is 5.02 Å². The molecule has 0 fully saturated rings. The fourth-order valence-corrected chi connectivity index (χ4v) is 2.71. The topological polar surface area (TPSA) is 50.9 Å². The number of hydrogen-bond donors (Lipinski definition) is 1. The first kappa shape index (κ1) is 13.5. The maximum Gasteiger partial charge on any atom is 0.138 e. The van der Waals surface area contributed by atoms with Gasteiger partial charge in [0.15, 0.2) is 0 Å². The molecule has 96 valence electrons. The minimum Gasteiger partial charge on any atom is -0.388 e. The van der Waals surface area contributed by atoms with Gasteiger partial charge in [0.25, 0.3) is 0 Å². The zero-order valence-electron chi connectivity index (χ0n) is 9.85. The Morgan fingerprint density at radius 1 is 1.50 bits per heavy atom. The minimum absolute atomic E-state index is 0.425. The Hall–Kier alpha value is -0.910. The van der Waals surface area contributed by atoms with E-state index in [1.165, 1.54) is 6.33 Å². The van der Waals surface area contributed by atoms with Crippen LogP contribution in [-0.2, 0) is 13.0 Å². The highest BCUT2D eigenvalue weighted by Crippen LogP contribution is 2.28. The number of aryl methyl sites for hydroxylation is 1. The lowest BCUT2D eigenvalue weighted by molar-refractivity contribution is 0.173. The van der Waals surface area contributed by atoms with Crippen LogP contribution in [0, 0.1) is 0 Å². The van der Waals surface area contributed by atoms with E-state index in [-0.39, 0.29) is 0 Å². The van der Waals surface area contributed by atoms with Gasteiger partial charge in [-0.15, -0.1) is 0 Å². The van der Waals surface area contributed by atoms with Crippen LogP contribution in [0.4, 0.5) is 0 Å². The number of rotatable bonds is 4. The normalized spacial score (nSPS) is 12.7. The molecule has 0 saturated carbocycles. The quantitative estimate of drug-likeness (QED) is 0.937. The molecule has 0 bridgehead atoms. The van der Waals surface area contributed by atoms with E-state index in [1.807, 2.05) is 13.0 Å². The van der Waals surface area contributed by atoms with Gasteiger partial charge in [0.2, 0.25) is 0 Å². The van der Waals surface area contributed by atoms with E-state index < -0.39 is 6.10 Å². The van der Waals surface area contributed by atoms with Gasteiger partial charge in [-0.25, -0.2) is 4.98 Å². The molecule has 2 aromatic rings. The van der Waals surface area contributed by atoms with Gasteiger partial charge in [0.1, 0.15) is 12.2 Å². The molecule has 2 rings (SSSR count). The van der Waals surface area contributed by atoms with Gasteiger partial charge in [0, 0.05) is 22.5 Å². The fourth-order valence-electron chi connectivity index (χ4n) is 1.76. The molecule has 1 unspecified atom stereocenters. The molecule has 1 heterocycles. The molecule has 1 atom stereocenters. The summed E-state index contributed by atoms with van der Waals surface area (Å²) in [5.74, 6) is 0.770. The molecule has 1 aromatic carbocycles. The number of halogens is 2. The second-order valence-corrected chi connectivity index (χ2v) is 5.17. The van der Waals surface area contributed by atoms with Crippen molar-refractivity contribution in [2.24, 2.45) is 0 Å². The zero-order valence-corrected chi connectivity index (χ0v) is 12.2. The highest BCUT2D eigenvalue weighted by Gasteiger charge is 2.15. The number of nitrogens with zero attached hydrogens (tertiary/aromatic N) is 3. The number of benzene rings is 1. The van der Waals surface area contributed by atoms with Crippen LogP contribution in [0.15, 0.2) is 29.0 Å². The molecule has 1 N–H and O–H groups in total. The van der Waals surface area contributed by atoms with Gasteiger partial charge in [-0.2, -0.15) is 5.10 Å². The first-order valence-electron chi connectivity index (χ1n) is 5.61. The lowest BCUT2D eigenvalue weighted by atomic mass is 10.1. The van der Waals surface area contributed by atoms with Crippen LogP contribution >= 0.6 is 27.5 Å². The monoisotopic (exact) mass is 329 g/mol. The highest BCUT2D eigenvalue weighted by atomic mass is 79.9. The van der Waals surface area contributed by atoms with Crippen molar-refractivity contribution in [3.63, 3.8) is 0 Å². The van der Waals surface area contributed by atoms with E-state index in [0.717, 1.165) is 22.4 Å². The van der Waals surface area contributed by atoms with E-state index in [2.05, 4.69) is 26.0 Å². The molecule has 0 radical (unpaired) electrons. The smallest absolute Gasteiger partial charge is 0.138 e. The third kappa shape index (κ3) is 2.91. The molecule has 4 nitrogen and oxygen atoms in total. The lowest BCUT2D eigenvalue weighted by Gasteiger charge is -2.13. The standard InChI is InChI=1S/C12H13BrClN3O/c1-2-17-12(15-7-16-17)6-11(18)9-4-3-8(14)5-10(9)13/h3-5,7,11,18H,2,6H2,1H3. The van der Waals surface area contributed by atoms with Crippen LogP contribution in [0.25, 0.3) is 0 Å². The van der Waals surface area contributed by atoms with Crippen molar-refractivity contribution in [2.45, 2.75) is 26.0 Å². The predicted molar refractivity (Wildman–Crippen MR) is 73.5 cm³/mol. The second-order valence-electron chi connectivity index (χ2n) is 3.88. The van der Waals surface area contributed by atoms with Gasteiger partial charge >= 0.3 is 0 Å². The second kappa shape index (κ2) is 5.82. The first-order valence-corrected chi connectivity index (χ1v) is 6.78. The summed E-state index contributed by atoms with van der Waals surface area (Å²) in [5, 5.41) is 14.9. The largest absolute Gasteiger partial charge is 0.388 e. The summed E-state index contributed by atoms with van der Waals surface area (Å²) in [6.07, 6.45) is 1.29. The van der Waals surface area contributed by atoms with Crippen LogP contribution in [0.3, 0.4) is 0 Å². The molecule has 0 saturated heterocycles. The summed E-state index contributed by atoms with van der Waals surface area (Å²) in [6.45, 7) is 2.73. The molecular weight excluding hydrogens is 318 g/mol. The minimum atomic E-state index is -0.633. The van der Waals surface area contributed by atoms with Crippen molar-refractivity contribution in [1.29, 1.82) is 0 Å². The van der Waals surface area contributed by atoms with Crippen molar-refractivity contribution >= 4 is 27.5 Å². The number of aliphatic hydroxyl groups is 1. The van der Waals surface area contributed by atoms with Crippen molar-refractivity contribution in [3.05, 3.63) is 45.4 Å². The van der Waals surface area contributed by atoms with Crippen molar-refractivity contribution in [2.75, 3.05) is 0 Å². The summed E-state index contributed by atoms with van der Waals surface area (Å²) in [5.41, 5.74) is 0.796. The van der Waals surface area contributed by atoms with Crippen molar-refractivity contribution in [3.8, 4) is 0 Å². The summed E-state index contributed by atoms with van der Waals surface area (Å²) in [4.78, 5) is 4.15. The Morgan fingerprint density at radius 3 is 2.94 bits per heavy atom. The Balaban J connectivity index is 2.19. The molecule has 0 amide bonds. The molecule has 6 heteroatoms. The third-order valence-corrected chi connectivity index (χ3v) is 3.61. The van der Waals surface area contributed by atoms with E-state index in [0.29, 0.717) is 11.4 Å². The molecule has 0 aliphatic heterocycles. The average molecular weight is 331 g/mol. The van der Waals surface area contributed by atoms with E-state index in [9.17, 15) is 5.11 Å². The zero-order chi connectivity index (χ0) is 13.1. The maximum absolute atomic E-state index is 10.2. The summed E-state index contributed by atoms with van der Waals surface area (Å²) in [7, 11) is 0. The Bertz CT molecular complexity index is 544.